The molecule has 0 saturated carbocycles. The van der Waals surface area contributed by atoms with Crippen molar-refractivity contribution in [1.82, 2.24) is 15.0 Å². The Morgan fingerprint density at radius 3 is 2.70 bits per heavy atom. The third kappa shape index (κ3) is 3.73. The van der Waals surface area contributed by atoms with Gasteiger partial charge in [-0.1, -0.05) is 18.2 Å². The second-order valence-electron chi connectivity index (χ2n) is 5.40. The Morgan fingerprint density at radius 1 is 1.09 bits per heavy atom. The first-order valence-corrected chi connectivity index (χ1v) is 7.53. The number of nitrogen functional groups attached to an aromatic ring is 1. The van der Waals surface area contributed by atoms with Crippen LogP contribution in [0.1, 0.15) is 5.69 Å². The molecule has 2 aromatic heterocycles. The molecule has 6 nitrogen and oxygen atoms in total. The molecule has 0 amide bonds. The number of anilines is 2. The topological polar surface area (TPSA) is 97.0 Å². The molecule has 0 fully saturated rings. The molecule has 2 heterocycles. The van der Waals surface area contributed by atoms with Crippen LogP contribution < -0.4 is 11.1 Å². The van der Waals surface area contributed by atoms with Crippen molar-refractivity contribution in [3.63, 3.8) is 0 Å². The van der Waals surface area contributed by atoms with Crippen molar-refractivity contribution in [2.24, 2.45) is 5.92 Å². The highest BCUT2D eigenvalue weighted by atomic mass is 16.3. The average Bonchev–Trinajstić information content (AvgIpc) is 2.59. The van der Waals surface area contributed by atoms with Gasteiger partial charge < -0.3 is 16.2 Å². The van der Waals surface area contributed by atoms with Gasteiger partial charge in [0, 0.05) is 36.3 Å². The lowest BCUT2D eigenvalue weighted by Crippen LogP contribution is -2.21. The Morgan fingerprint density at radius 2 is 1.91 bits per heavy atom. The second kappa shape index (κ2) is 7.02. The lowest BCUT2D eigenvalue weighted by Gasteiger charge is -2.15. The van der Waals surface area contributed by atoms with E-state index in [4.69, 9.17) is 5.73 Å². The van der Waals surface area contributed by atoms with Gasteiger partial charge in [-0.3, -0.25) is 4.98 Å². The van der Waals surface area contributed by atoms with Gasteiger partial charge in [-0.05, 0) is 30.7 Å². The average molecular weight is 309 g/mol. The predicted octanol–water partition coefficient (Wildman–Crippen LogP) is 1.87. The van der Waals surface area contributed by atoms with Gasteiger partial charge in [0.25, 0.3) is 0 Å². The molecule has 0 saturated heterocycles. The van der Waals surface area contributed by atoms with E-state index in [1.54, 1.807) is 6.20 Å². The summed E-state index contributed by atoms with van der Waals surface area (Å²) in [5.41, 5.74) is 7.72. The minimum atomic E-state index is 0.0289. The number of aliphatic hydroxyl groups excluding tert-OH is 1. The zero-order valence-corrected chi connectivity index (χ0v) is 12.7. The third-order valence-corrected chi connectivity index (χ3v) is 3.66. The smallest absolute Gasteiger partial charge is 0.225 e. The Kier molecular flexibility index (Phi) is 4.63. The molecular formula is C17H19N5O. The standard InChI is InChI=1S/C17H19N5O/c18-16-14-6-1-2-7-15(14)21-17(22-16)20-10-12(11-23)9-13-5-3-4-8-19-13/h1-8,12,23H,9-11H2,(H3,18,20,21,22). The maximum absolute atomic E-state index is 9.56. The Bertz CT molecular complexity index is 778. The first kappa shape index (κ1) is 15.2. The van der Waals surface area contributed by atoms with Crippen LogP contribution in [0.2, 0.25) is 0 Å². The summed E-state index contributed by atoms with van der Waals surface area (Å²) in [4.78, 5) is 13.0. The number of benzene rings is 1. The van der Waals surface area contributed by atoms with Crippen LogP contribution >= 0.6 is 0 Å². The number of nitrogens with one attached hydrogen (secondary N) is 1. The van der Waals surface area contributed by atoms with Crippen LogP contribution in [0.4, 0.5) is 11.8 Å². The van der Waals surface area contributed by atoms with E-state index in [-0.39, 0.29) is 12.5 Å². The number of hydrogen-bond donors (Lipinski definition) is 3. The predicted molar refractivity (Wildman–Crippen MR) is 91.0 cm³/mol. The summed E-state index contributed by atoms with van der Waals surface area (Å²) in [6.07, 6.45) is 2.44. The number of para-hydroxylation sites is 1. The summed E-state index contributed by atoms with van der Waals surface area (Å²) < 4.78 is 0. The van der Waals surface area contributed by atoms with Gasteiger partial charge in [-0.2, -0.15) is 4.98 Å². The van der Waals surface area contributed by atoms with Crippen molar-refractivity contribution in [2.75, 3.05) is 24.2 Å². The highest BCUT2D eigenvalue weighted by Crippen LogP contribution is 2.19. The van der Waals surface area contributed by atoms with Crippen molar-refractivity contribution in [3.8, 4) is 0 Å². The highest BCUT2D eigenvalue weighted by Gasteiger charge is 2.11. The fraction of sp³-hybridized carbons (Fsp3) is 0.235. The van der Waals surface area contributed by atoms with Crippen LogP contribution in [-0.4, -0.2) is 33.2 Å². The molecule has 0 bridgehead atoms. The monoisotopic (exact) mass is 309 g/mol. The van der Waals surface area contributed by atoms with Crippen molar-refractivity contribution in [1.29, 1.82) is 0 Å². The van der Waals surface area contributed by atoms with Crippen molar-refractivity contribution < 1.29 is 5.11 Å². The summed E-state index contributed by atoms with van der Waals surface area (Å²) in [5, 5.41) is 13.6. The van der Waals surface area contributed by atoms with E-state index < -0.39 is 0 Å². The molecule has 0 aliphatic rings. The largest absolute Gasteiger partial charge is 0.396 e. The first-order valence-electron chi connectivity index (χ1n) is 7.53. The zero-order valence-electron chi connectivity index (χ0n) is 12.7. The van der Waals surface area contributed by atoms with E-state index in [2.05, 4.69) is 20.3 Å². The van der Waals surface area contributed by atoms with Crippen molar-refractivity contribution in [3.05, 3.63) is 54.4 Å². The molecule has 1 atom stereocenters. The van der Waals surface area contributed by atoms with Gasteiger partial charge >= 0.3 is 0 Å². The van der Waals surface area contributed by atoms with E-state index in [0.29, 0.717) is 24.7 Å². The maximum Gasteiger partial charge on any atom is 0.225 e. The molecule has 3 rings (SSSR count). The third-order valence-electron chi connectivity index (χ3n) is 3.66. The number of fused-ring (bicyclic) bond motifs is 1. The van der Waals surface area contributed by atoms with Gasteiger partial charge in [0.2, 0.25) is 5.95 Å². The van der Waals surface area contributed by atoms with E-state index in [9.17, 15) is 5.11 Å². The SMILES string of the molecule is Nc1nc(NCC(CO)Cc2ccccn2)nc2ccccc12. The van der Waals surface area contributed by atoms with Gasteiger partial charge in [0.1, 0.15) is 5.82 Å². The van der Waals surface area contributed by atoms with Crippen molar-refractivity contribution in [2.45, 2.75) is 6.42 Å². The normalized spacial score (nSPS) is 12.2. The summed E-state index contributed by atoms with van der Waals surface area (Å²) in [7, 11) is 0. The quantitative estimate of drug-likeness (QED) is 0.643. The fourth-order valence-corrected chi connectivity index (χ4v) is 2.43. The van der Waals surface area contributed by atoms with E-state index >= 15 is 0 Å². The molecule has 1 aromatic carbocycles. The summed E-state index contributed by atoms with van der Waals surface area (Å²) in [6.45, 7) is 0.609. The maximum atomic E-state index is 9.56. The number of aromatic nitrogens is 3. The van der Waals surface area contributed by atoms with Crippen LogP contribution in [0.3, 0.4) is 0 Å². The Balaban J connectivity index is 1.69. The van der Waals surface area contributed by atoms with Crippen molar-refractivity contribution >= 4 is 22.7 Å². The lowest BCUT2D eigenvalue weighted by molar-refractivity contribution is 0.231. The number of rotatable bonds is 6. The number of aliphatic hydroxyl groups is 1. The fourth-order valence-electron chi connectivity index (χ4n) is 2.43. The van der Waals surface area contributed by atoms with Gasteiger partial charge in [0.05, 0.1) is 5.52 Å². The summed E-state index contributed by atoms with van der Waals surface area (Å²) >= 11 is 0. The van der Waals surface area contributed by atoms with Crippen LogP contribution in [-0.2, 0) is 6.42 Å². The molecule has 0 spiro atoms. The molecule has 4 N–H and O–H groups in total. The minimum absolute atomic E-state index is 0.0289. The number of nitrogens with zero attached hydrogens (tertiary/aromatic N) is 3. The summed E-state index contributed by atoms with van der Waals surface area (Å²) in [5.74, 6) is 0.949. The van der Waals surface area contributed by atoms with Crippen LogP contribution in [0.5, 0.6) is 0 Å². The minimum Gasteiger partial charge on any atom is -0.396 e. The van der Waals surface area contributed by atoms with Crippen LogP contribution in [0, 0.1) is 5.92 Å². The van der Waals surface area contributed by atoms with Crippen LogP contribution in [0.15, 0.2) is 48.7 Å². The highest BCUT2D eigenvalue weighted by molar-refractivity contribution is 5.88. The first-order chi connectivity index (χ1) is 11.3. The number of pyridine rings is 1. The molecule has 6 heteroatoms. The molecular weight excluding hydrogens is 290 g/mol. The van der Waals surface area contributed by atoms with E-state index in [1.807, 2.05) is 42.5 Å². The van der Waals surface area contributed by atoms with Crippen LogP contribution in [0.25, 0.3) is 10.9 Å². The van der Waals surface area contributed by atoms with Gasteiger partial charge in [-0.25, -0.2) is 4.98 Å². The molecule has 0 aliphatic heterocycles. The zero-order chi connectivity index (χ0) is 16.1. The van der Waals surface area contributed by atoms with E-state index in [1.165, 1.54) is 0 Å². The molecule has 118 valence electrons. The van der Waals surface area contributed by atoms with E-state index in [0.717, 1.165) is 16.6 Å². The van der Waals surface area contributed by atoms with Gasteiger partial charge in [-0.15, -0.1) is 0 Å². The summed E-state index contributed by atoms with van der Waals surface area (Å²) in [6, 6.07) is 13.4. The second-order valence-corrected chi connectivity index (χ2v) is 5.40. The molecule has 3 aromatic rings. The number of nitrogens with two attached hydrogens (primary N) is 1. The molecule has 23 heavy (non-hydrogen) atoms. The van der Waals surface area contributed by atoms with Gasteiger partial charge in [0.15, 0.2) is 0 Å². The Labute approximate surface area is 134 Å². The number of hydrogen-bond acceptors (Lipinski definition) is 6. The lowest BCUT2D eigenvalue weighted by atomic mass is 10.0. The molecule has 1 unspecified atom stereocenters. The molecule has 0 radical (unpaired) electrons. The Hall–Kier alpha value is -2.73. The molecule has 0 aliphatic carbocycles.